The Balaban J connectivity index is 2.52. The molecule has 0 bridgehead atoms. The molecule has 9 heavy (non-hydrogen) atoms. The fourth-order valence-electron chi connectivity index (χ4n) is 1.15. The van der Waals surface area contributed by atoms with Crippen LogP contribution in [0.3, 0.4) is 0 Å². The Bertz CT molecular complexity index is 121. The lowest BCUT2D eigenvalue weighted by Gasteiger charge is -2.18. The molecule has 1 atom stereocenters. The van der Waals surface area contributed by atoms with Crippen LogP contribution in [-0.4, -0.2) is 3.23 Å². The Hall–Kier alpha value is 0.960. The third-order valence-electron chi connectivity index (χ3n) is 1.87. The molecule has 0 saturated heterocycles. The van der Waals surface area contributed by atoms with Crippen LogP contribution >= 0.6 is 31.9 Å². The Morgan fingerprint density at radius 2 is 1.67 bits per heavy atom. The summed E-state index contributed by atoms with van der Waals surface area (Å²) < 4.78 is 0.276. The highest BCUT2D eigenvalue weighted by molar-refractivity contribution is 9.25. The summed E-state index contributed by atoms with van der Waals surface area (Å²) in [6.07, 6.45) is 1.26. The van der Waals surface area contributed by atoms with E-state index in [0.717, 1.165) is 5.92 Å². The quantitative estimate of drug-likeness (QED) is 0.581. The van der Waals surface area contributed by atoms with Gasteiger partial charge in [0.05, 0.1) is 3.23 Å². The van der Waals surface area contributed by atoms with Gasteiger partial charge in [0.25, 0.3) is 0 Å². The predicted octanol–water partition coefficient (Wildman–Crippen LogP) is 3.54. The number of hydrogen-bond acceptors (Lipinski definition) is 0. The molecule has 0 aromatic heterocycles. The van der Waals surface area contributed by atoms with Crippen LogP contribution < -0.4 is 0 Å². The molecule has 0 spiro atoms. The van der Waals surface area contributed by atoms with Crippen molar-refractivity contribution in [3.05, 3.63) is 0 Å². The van der Waals surface area contributed by atoms with Crippen molar-refractivity contribution in [1.82, 2.24) is 0 Å². The number of hydrogen-bond donors (Lipinski definition) is 0. The maximum absolute atomic E-state index is 3.61. The van der Waals surface area contributed by atoms with Crippen LogP contribution in [0.25, 0.3) is 0 Å². The highest BCUT2D eigenvalue weighted by atomic mass is 79.9. The van der Waals surface area contributed by atoms with Crippen molar-refractivity contribution in [2.24, 2.45) is 11.3 Å². The summed E-state index contributed by atoms with van der Waals surface area (Å²) in [4.78, 5) is 0. The Labute approximate surface area is 73.7 Å². The van der Waals surface area contributed by atoms with Gasteiger partial charge in [-0.15, -0.1) is 0 Å². The van der Waals surface area contributed by atoms with E-state index >= 15 is 0 Å². The van der Waals surface area contributed by atoms with Gasteiger partial charge >= 0.3 is 0 Å². The molecule has 0 aromatic rings. The number of halogens is 2. The van der Waals surface area contributed by atoms with Crippen LogP contribution in [0.2, 0.25) is 0 Å². The first kappa shape index (κ1) is 8.06. The van der Waals surface area contributed by atoms with E-state index in [-0.39, 0.29) is 3.23 Å². The summed E-state index contributed by atoms with van der Waals surface area (Å²) in [6, 6.07) is 0. The van der Waals surface area contributed by atoms with E-state index in [0.29, 0.717) is 5.41 Å². The minimum Gasteiger partial charge on any atom is -0.0724 e. The normalized spacial score (nSPS) is 32.3. The Morgan fingerprint density at radius 3 is 1.67 bits per heavy atom. The first-order chi connectivity index (χ1) is 3.84. The summed E-state index contributed by atoms with van der Waals surface area (Å²) in [5, 5.41) is 0. The highest BCUT2D eigenvalue weighted by Crippen LogP contribution is 2.63. The molecule has 0 aliphatic heterocycles. The summed E-state index contributed by atoms with van der Waals surface area (Å²) in [5.74, 6) is 0.796. The monoisotopic (exact) mass is 254 g/mol. The molecule has 0 N–H and O–H groups in total. The average molecular weight is 256 g/mol. The van der Waals surface area contributed by atoms with E-state index in [1.807, 2.05) is 0 Å². The second kappa shape index (κ2) is 1.97. The average Bonchev–Trinajstić information content (AvgIpc) is 2.10. The van der Waals surface area contributed by atoms with Crippen LogP contribution in [-0.2, 0) is 0 Å². The smallest absolute Gasteiger partial charge is 0.0724 e. The van der Waals surface area contributed by atoms with Gasteiger partial charge in [0.15, 0.2) is 0 Å². The van der Waals surface area contributed by atoms with E-state index in [9.17, 15) is 0 Å². The van der Waals surface area contributed by atoms with E-state index < -0.39 is 0 Å². The zero-order valence-corrected chi connectivity index (χ0v) is 9.21. The van der Waals surface area contributed by atoms with Gasteiger partial charge in [0.1, 0.15) is 0 Å². The zero-order chi connectivity index (χ0) is 7.28. The maximum Gasteiger partial charge on any atom is 0.0843 e. The van der Waals surface area contributed by atoms with Crippen molar-refractivity contribution < 1.29 is 0 Å². The van der Waals surface area contributed by atoms with Crippen molar-refractivity contribution in [3.8, 4) is 0 Å². The largest absolute Gasteiger partial charge is 0.0843 e. The zero-order valence-electron chi connectivity index (χ0n) is 6.04. The van der Waals surface area contributed by atoms with Gasteiger partial charge in [-0.3, -0.25) is 0 Å². The molecule has 54 valence electrons. The molecule has 1 aliphatic rings. The third-order valence-corrected chi connectivity index (χ3v) is 3.62. The van der Waals surface area contributed by atoms with Gasteiger partial charge in [-0.25, -0.2) is 0 Å². The van der Waals surface area contributed by atoms with Crippen LogP contribution in [0, 0.1) is 11.3 Å². The summed E-state index contributed by atoms with van der Waals surface area (Å²) in [6.45, 7) is 6.84. The van der Waals surface area contributed by atoms with Gasteiger partial charge in [-0.05, 0) is 17.8 Å². The molecule has 1 unspecified atom stereocenters. The minimum absolute atomic E-state index is 0.276. The molecular formula is C7H12Br2. The van der Waals surface area contributed by atoms with E-state index in [1.165, 1.54) is 6.42 Å². The molecule has 1 saturated carbocycles. The fraction of sp³-hybridized carbons (Fsp3) is 1.00. The topological polar surface area (TPSA) is 0 Å². The summed E-state index contributed by atoms with van der Waals surface area (Å²) in [5.41, 5.74) is 0.451. The van der Waals surface area contributed by atoms with Crippen LogP contribution in [0.5, 0.6) is 0 Å². The van der Waals surface area contributed by atoms with Crippen LogP contribution in [0.1, 0.15) is 27.2 Å². The van der Waals surface area contributed by atoms with Crippen molar-refractivity contribution >= 4 is 31.9 Å². The van der Waals surface area contributed by atoms with Gasteiger partial charge in [-0.2, -0.15) is 0 Å². The fourth-order valence-corrected chi connectivity index (χ4v) is 3.17. The van der Waals surface area contributed by atoms with Crippen LogP contribution in [0.4, 0.5) is 0 Å². The SMILES string of the molecule is CC(C)(C)C1CC1(Br)Br. The standard InChI is InChI=1S/C7H12Br2/c1-6(2,3)5-4-7(5,8)9/h5H,4H2,1-3H3. The highest BCUT2D eigenvalue weighted by Gasteiger charge is 2.55. The van der Waals surface area contributed by atoms with Crippen LogP contribution in [0.15, 0.2) is 0 Å². The Morgan fingerprint density at radius 1 is 1.33 bits per heavy atom. The third kappa shape index (κ3) is 1.70. The van der Waals surface area contributed by atoms with Crippen molar-refractivity contribution in [1.29, 1.82) is 0 Å². The Kier molecular flexibility index (Phi) is 1.77. The second-order valence-electron chi connectivity index (χ2n) is 3.88. The first-order valence-corrected chi connectivity index (χ1v) is 4.80. The predicted molar refractivity (Wildman–Crippen MR) is 48.1 cm³/mol. The lowest BCUT2D eigenvalue weighted by atomic mass is 9.90. The van der Waals surface area contributed by atoms with E-state index in [2.05, 4.69) is 52.6 Å². The number of rotatable bonds is 0. The van der Waals surface area contributed by atoms with E-state index in [1.54, 1.807) is 0 Å². The molecule has 1 rings (SSSR count). The lowest BCUT2D eigenvalue weighted by molar-refractivity contribution is 0.351. The van der Waals surface area contributed by atoms with Crippen molar-refractivity contribution in [2.75, 3.05) is 0 Å². The van der Waals surface area contributed by atoms with Crippen molar-refractivity contribution in [2.45, 2.75) is 30.4 Å². The molecule has 0 heterocycles. The molecule has 2 heteroatoms. The number of alkyl halides is 2. The maximum atomic E-state index is 3.61. The van der Waals surface area contributed by atoms with E-state index in [4.69, 9.17) is 0 Å². The van der Waals surface area contributed by atoms with Gasteiger partial charge < -0.3 is 0 Å². The van der Waals surface area contributed by atoms with Gasteiger partial charge in [-0.1, -0.05) is 52.6 Å². The molecule has 1 aliphatic carbocycles. The first-order valence-electron chi connectivity index (χ1n) is 3.22. The molecule has 0 radical (unpaired) electrons. The molecule has 0 aromatic carbocycles. The molecular weight excluding hydrogens is 244 g/mol. The van der Waals surface area contributed by atoms with Gasteiger partial charge in [0, 0.05) is 0 Å². The molecule has 1 fully saturated rings. The van der Waals surface area contributed by atoms with Gasteiger partial charge in [0.2, 0.25) is 0 Å². The molecule has 0 amide bonds. The molecule has 0 nitrogen and oxygen atoms in total. The summed E-state index contributed by atoms with van der Waals surface area (Å²) >= 11 is 7.21. The minimum atomic E-state index is 0.276. The summed E-state index contributed by atoms with van der Waals surface area (Å²) in [7, 11) is 0. The lowest BCUT2D eigenvalue weighted by Crippen LogP contribution is -2.11. The second-order valence-corrected chi connectivity index (χ2v) is 7.78. The van der Waals surface area contributed by atoms with Crippen molar-refractivity contribution in [3.63, 3.8) is 0 Å².